The molecule has 1 aromatic carbocycles. The first kappa shape index (κ1) is 10.5. The summed E-state index contributed by atoms with van der Waals surface area (Å²) in [5.41, 5.74) is 1.21. The Balaban J connectivity index is 2.51. The first-order valence-electron chi connectivity index (χ1n) is 4.57. The van der Waals surface area contributed by atoms with Crippen molar-refractivity contribution in [3.63, 3.8) is 0 Å². The second-order valence-electron chi connectivity index (χ2n) is 3.10. The Labute approximate surface area is 84.2 Å². The molecule has 0 unspecified atom stereocenters. The summed E-state index contributed by atoms with van der Waals surface area (Å²) in [6, 6.07) is 10.0. The maximum atomic E-state index is 10.6. The first-order chi connectivity index (χ1) is 6.68. The van der Waals surface area contributed by atoms with Crippen LogP contribution in [0.15, 0.2) is 42.2 Å². The Morgan fingerprint density at radius 2 is 1.93 bits per heavy atom. The molecular weight excluding hydrogens is 176 g/mol. The number of rotatable bonds is 3. The number of esters is 1. The van der Waals surface area contributed by atoms with Crippen molar-refractivity contribution >= 4 is 5.97 Å². The highest BCUT2D eigenvalue weighted by Gasteiger charge is 1.94. The van der Waals surface area contributed by atoms with Gasteiger partial charge in [0, 0.05) is 6.92 Å². The fraction of sp³-hybridized carbons (Fsp3) is 0.250. The van der Waals surface area contributed by atoms with Crippen molar-refractivity contribution in [2.24, 2.45) is 0 Å². The van der Waals surface area contributed by atoms with Crippen molar-refractivity contribution < 1.29 is 9.53 Å². The van der Waals surface area contributed by atoms with Crippen LogP contribution in [0.5, 0.6) is 0 Å². The van der Waals surface area contributed by atoms with Crippen LogP contribution in [0.25, 0.3) is 0 Å². The van der Waals surface area contributed by atoms with Crippen LogP contribution in [0, 0.1) is 0 Å². The molecule has 0 radical (unpaired) electrons. The number of allylic oxidation sites excluding steroid dienone is 2. The van der Waals surface area contributed by atoms with E-state index >= 15 is 0 Å². The molecule has 0 aliphatic heterocycles. The molecule has 0 saturated heterocycles. The Bertz CT molecular complexity index is 325. The van der Waals surface area contributed by atoms with Crippen LogP contribution in [-0.2, 0) is 16.0 Å². The van der Waals surface area contributed by atoms with Gasteiger partial charge in [-0.1, -0.05) is 30.3 Å². The Morgan fingerprint density at radius 3 is 2.50 bits per heavy atom. The average Bonchev–Trinajstić information content (AvgIpc) is 2.15. The molecule has 2 nitrogen and oxygen atoms in total. The molecule has 1 aromatic rings. The molecule has 0 bridgehead atoms. The van der Waals surface area contributed by atoms with Gasteiger partial charge in [-0.15, -0.1) is 0 Å². The van der Waals surface area contributed by atoms with Crippen LogP contribution in [-0.4, -0.2) is 5.97 Å². The second-order valence-corrected chi connectivity index (χ2v) is 3.10. The number of ether oxygens (including phenoxy) is 1. The smallest absolute Gasteiger partial charge is 0.307 e. The summed E-state index contributed by atoms with van der Waals surface area (Å²) in [5, 5.41) is 0. The molecule has 0 aliphatic carbocycles. The summed E-state index contributed by atoms with van der Waals surface area (Å²) in [5.74, 6) is 0.383. The van der Waals surface area contributed by atoms with Crippen molar-refractivity contribution in [1.82, 2.24) is 0 Å². The summed E-state index contributed by atoms with van der Waals surface area (Å²) >= 11 is 0. The quantitative estimate of drug-likeness (QED) is 0.541. The number of benzene rings is 1. The van der Waals surface area contributed by atoms with Gasteiger partial charge in [-0.2, -0.15) is 0 Å². The summed E-state index contributed by atoms with van der Waals surface area (Å²) in [6.07, 6.45) is 2.69. The Kier molecular flexibility index (Phi) is 3.92. The molecule has 0 atom stereocenters. The maximum absolute atomic E-state index is 10.6. The van der Waals surface area contributed by atoms with E-state index in [0.29, 0.717) is 5.76 Å². The minimum absolute atomic E-state index is 0.271. The highest BCUT2D eigenvalue weighted by molar-refractivity contribution is 5.67. The lowest BCUT2D eigenvalue weighted by Crippen LogP contribution is -1.96. The zero-order valence-corrected chi connectivity index (χ0v) is 8.49. The SMILES string of the molecule is CC(=O)O/C(C)=C\Cc1ccccc1. The normalized spacial score (nSPS) is 11.1. The molecule has 1 rings (SSSR count). The number of hydrogen-bond acceptors (Lipinski definition) is 2. The third-order valence-corrected chi connectivity index (χ3v) is 1.77. The molecular formula is C12H14O2. The van der Waals surface area contributed by atoms with E-state index in [1.807, 2.05) is 36.4 Å². The molecule has 2 heteroatoms. The van der Waals surface area contributed by atoms with Gasteiger partial charge in [0.15, 0.2) is 0 Å². The fourth-order valence-corrected chi connectivity index (χ4v) is 1.14. The van der Waals surface area contributed by atoms with Crippen LogP contribution >= 0.6 is 0 Å². The van der Waals surface area contributed by atoms with Gasteiger partial charge < -0.3 is 4.74 Å². The van der Waals surface area contributed by atoms with Crippen LogP contribution in [0.1, 0.15) is 19.4 Å². The topological polar surface area (TPSA) is 26.3 Å². The first-order valence-corrected chi connectivity index (χ1v) is 4.57. The lowest BCUT2D eigenvalue weighted by Gasteiger charge is -2.00. The van der Waals surface area contributed by atoms with Crippen molar-refractivity contribution in [2.75, 3.05) is 0 Å². The lowest BCUT2D eigenvalue weighted by atomic mass is 10.1. The molecule has 0 fully saturated rings. The predicted molar refractivity (Wildman–Crippen MR) is 55.7 cm³/mol. The molecule has 0 saturated carbocycles. The lowest BCUT2D eigenvalue weighted by molar-refractivity contribution is -0.136. The number of carbonyl (C=O) groups is 1. The molecule has 0 spiro atoms. The monoisotopic (exact) mass is 190 g/mol. The highest BCUT2D eigenvalue weighted by atomic mass is 16.5. The highest BCUT2D eigenvalue weighted by Crippen LogP contribution is 2.03. The van der Waals surface area contributed by atoms with Crippen molar-refractivity contribution in [2.45, 2.75) is 20.3 Å². The Morgan fingerprint density at radius 1 is 1.29 bits per heavy atom. The van der Waals surface area contributed by atoms with E-state index in [-0.39, 0.29) is 5.97 Å². The van der Waals surface area contributed by atoms with Crippen molar-refractivity contribution in [3.8, 4) is 0 Å². The van der Waals surface area contributed by atoms with E-state index in [1.54, 1.807) is 6.92 Å². The van der Waals surface area contributed by atoms with Gasteiger partial charge in [0.2, 0.25) is 0 Å². The summed E-state index contributed by atoms with van der Waals surface area (Å²) in [4.78, 5) is 10.6. The molecule has 0 amide bonds. The molecule has 14 heavy (non-hydrogen) atoms. The van der Waals surface area contributed by atoms with Gasteiger partial charge in [-0.25, -0.2) is 0 Å². The van der Waals surface area contributed by atoms with E-state index in [9.17, 15) is 4.79 Å². The predicted octanol–water partition coefficient (Wildman–Crippen LogP) is 2.70. The van der Waals surface area contributed by atoms with Crippen LogP contribution in [0.3, 0.4) is 0 Å². The van der Waals surface area contributed by atoms with E-state index in [0.717, 1.165) is 6.42 Å². The number of carbonyl (C=O) groups excluding carboxylic acids is 1. The van der Waals surface area contributed by atoms with Gasteiger partial charge in [0.25, 0.3) is 0 Å². The van der Waals surface area contributed by atoms with Gasteiger partial charge in [-0.3, -0.25) is 4.79 Å². The standard InChI is InChI=1S/C12H14O2/c1-10(14-11(2)13)8-9-12-6-4-3-5-7-12/h3-8H,9H2,1-2H3/b10-8-. The summed E-state index contributed by atoms with van der Waals surface area (Å²) < 4.78 is 4.89. The summed E-state index contributed by atoms with van der Waals surface area (Å²) in [7, 11) is 0. The van der Waals surface area contributed by atoms with E-state index in [4.69, 9.17) is 4.74 Å². The van der Waals surface area contributed by atoms with Crippen molar-refractivity contribution in [1.29, 1.82) is 0 Å². The molecule has 0 N–H and O–H groups in total. The van der Waals surface area contributed by atoms with Crippen LogP contribution in [0.4, 0.5) is 0 Å². The zero-order chi connectivity index (χ0) is 10.4. The average molecular weight is 190 g/mol. The third kappa shape index (κ3) is 3.90. The van der Waals surface area contributed by atoms with Crippen LogP contribution < -0.4 is 0 Å². The van der Waals surface area contributed by atoms with Gasteiger partial charge in [-0.05, 0) is 25.0 Å². The van der Waals surface area contributed by atoms with Gasteiger partial charge >= 0.3 is 5.97 Å². The minimum Gasteiger partial charge on any atom is -0.432 e. The van der Waals surface area contributed by atoms with E-state index in [2.05, 4.69) is 0 Å². The fourth-order valence-electron chi connectivity index (χ4n) is 1.14. The Hall–Kier alpha value is -1.57. The summed E-state index contributed by atoms with van der Waals surface area (Å²) in [6.45, 7) is 3.18. The number of hydrogen-bond donors (Lipinski definition) is 0. The van der Waals surface area contributed by atoms with Gasteiger partial charge in [0.05, 0.1) is 0 Å². The molecule has 0 aromatic heterocycles. The maximum Gasteiger partial charge on any atom is 0.307 e. The van der Waals surface area contributed by atoms with E-state index < -0.39 is 0 Å². The zero-order valence-electron chi connectivity index (χ0n) is 8.49. The third-order valence-electron chi connectivity index (χ3n) is 1.77. The largest absolute Gasteiger partial charge is 0.432 e. The molecule has 74 valence electrons. The molecule has 0 heterocycles. The minimum atomic E-state index is -0.271. The second kappa shape index (κ2) is 5.22. The van der Waals surface area contributed by atoms with E-state index in [1.165, 1.54) is 12.5 Å². The molecule has 0 aliphatic rings. The van der Waals surface area contributed by atoms with Crippen LogP contribution in [0.2, 0.25) is 0 Å². The van der Waals surface area contributed by atoms with Gasteiger partial charge in [0.1, 0.15) is 5.76 Å². The van der Waals surface area contributed by atoms with Crippen molar-refractivity contribution in [3.05, 3.63) is 47.7 Å².